The van der Waals surface area contributed by atoms with Crippen molar-refractivity contribution in [1.29, 1.82) is 0 Å². The topological polar surface area (TPSA) is 54.9 Å². The number of rotatable bonds is 4. The number of nitrogens with zero attached hydrogens (tertiary/aromatic N) is 2. The Kier molecular flexibility index (Phi) is 3.33. The van der Waals surface area contributed by atoms with Gasteiger partial charge < -0.3 is 5.32 Å². The SMILES string of the molecule is O=C(C1CNC1)C(c1ccccn1)c1ccccn1. The fraction of sp³-hybridized carbons (Fsp3) is 0.267. The molecule has 0 spiro atoms. The van der Waals surface area contributed by atoms with Crippen LogP contribution >= 0.6 is 0 Å². The van der Waals surface area contributed by atoms with E-state index >= 15 is 0 Å². The maximum absolute atomic E-state index is 12.6. The Labute approximate surface area is 111 Å². The van der Waals surface area contributed by atoms with Gasteiger partial charge in [0.2, 0.25) is 0 Å². The van der Waals surface area contributed by atoms with E-state index < -0.39 is 0 Å². The number of aromatic nitrogens is 2. The third kappa shape index (κ3) is 2.39. The van der Waals surface area contributed by atoms with Crippen LogP contribution in [0, 0.1) is 5.92 Å². The van der Waals surface area contributed by atoms with Crippen LogP contribution in [-0.2, 0) is 4.79 Å². The summed E-state index contributed by atoms with van der Waals surface area (Å²) in [7, 11) is 0. The Morgan fingerprint density at radius 1 is 1.05 bits per heavy atom. The first-order valence-corrected chi connectivity index (χ1v) is 6.42. The summed E-state index contributed by atoms with van der Waals surface area (Å²) >= 11 is 0. The highest BCUT2D eigenvalue weighted by molar-refractivity contribution is 5.91. The van der Waals surface area contributed by atoms with Crippen molar-refractivity contribution in [1.82, 2.24) is 15.3 Å². The van der Waals surface area contributed by atoms with Gasteiger partial charge in [0.25, 0.3) is 0 Å². The standard InChI is InChI=1S/C15H15N3O/c19-15(11-9-16-10-11)14(12-5-1-3-7-17-12)13-6-2-4-8-18-13/h1-8,11,14,16H,9-10H2. The van der Waals surface area contributed by atoms with Gasteiger partial charge in [-0.25, -0.2) is 0 Å². The highest BCUT2D eigenvalue weighted by Crippen LogP contribution is 2.26. The van der Waals surface area contributed by atoms with Gasteiger partial charge in [0.15, 0.2) is 5.78 Å². The van der Waals surface area contributed by atoms with Gasteiger partial charge in [-0.2, -0.15) is 0 Å². The molecule has 0 radical (unpaired) electrons. The summed E-state index contributed by atoms with van der Waals surface area (Å²) in [6.45, 7) is 1.52. The van der Waals surface area contributed by atoms with Crippen molar-refractivity contribution in [2.45, 2.75) is 5.92 Å². The predicted octanol–water partition coefficient (Wildman–Crippen LogP) is 1.40. The largest absolute Gasteiger partial charge is 0.315 e. The molecule has 1 N–H and O–H groups in total. The van der Waals surface area contributed by atoms with Gasteiger partial charge in [-0.15, -0.1) is 0 Å². The lowest BCUT2D eigenvalue weighted by Gasteiger charge is -2.29. The maximum Gasteiger partial charge on any atom is 0.153 e. The fourth-order valence-electron chi connectivity index (χ4n) is 2.26. The van der Waals surface area contributed by atoms with E-state index in [1.807, 2.05) is 36.4 Å². The van der Waals surface area contributed by atoms with Gasteiger partial charge in [-0.3, -0.25) is 14.8 Å². The summed E-state index contributed by atoms with van der Waals surface area (Å²) in [5, 5.41) is 3.14. The molecule has 96 valence electrons. The molecule has 1 fully saturated rings. The van der Waals surface area contributed by atoms with Gasteiger partial charge in [-0.1, -0.05) is 12.1 Å². The highest BCUT2D eigenvalue weighted by Gasteiger charge is 2.34. The number of pyridine rings is 2. The molecule has 0 saturated carbocycles. The van der Waals surface area contributed by atoms with Gasteiger partial charge >= 0.3 is 0 Å². The van der Waals surface area contributed by atoms with Gasteiger partial charge in [-0.05, 0) is 24.3 Å². The molecular weight excluding hydrogens is 238 g/mol. The fourth-order valence-corrected chi connectivity index (χ4v) is 2.26. The van der Waals surface area contributed by atoms with Crippen LogP contribution in [0.3, 0.4) is 0 Å². The third-order valence-corrected chi connectivity index (χ3v) is 3.44. The molecule has 2 aromatic heterocycles. The normalized spacial score (nSPS) is 15.2. The summed E-state index contributed by atoms with van der Waals surface area (Å²) in [4.78, 5) is 21.3. The van der Waals surface area contributed by atoms with Crippen molar-refractivity contribution < 1.29 is 4.79 Å². The number of hydrogen-bond donors (Lipinski definition) is 1. The van der Waals surface area contributed by atoms with Crippen LogP contribution in [-0.4, -0.2) is 28.8 Å². The smallest absolute Gasteiger partial charge is 0.153 e. The summed E-state index contributed by atoms with van der Waals surface area (Å²) in [5.41, 5.74) is 1.55. The van der Waals surface area contributed by atoms with Crippen LogP contribution in [0.15, 0.2) is 48.8 Å². The molecule has 1 aliphatic heterocycles. The van der Waals surface area contributed by atoms with E-state index in [0.717, 1.165) is 24.5 Å². The Morgan fingerprint density at radius 2 is 1.63 bits per heavy atom. The average Bonchev–Trinajstić information content (AvgIpc) is 2.39. The second kappa shape index (κ2) is 5.28. The second-order valence-electron chi connectivity index (χ2n) is 4.70. The molecule has 4 heteroatoms. The molecule has 1 aliphatic rings. The van der Waals surface area contributed by atoms with E-state index in [-0.39, 0.29) is 17.6 Å². The zero-order valence-corrected chi connectivity index (χ0v) is 10.5. The minimum Gasteiger partial charge on any atom is -0.315 e. The molecule has 19 heavy (non-hydrogen) atoms. The van der Waals surface area contributed by atoms with Gasteiger partial charge in [0, 0.05) is 31.4 Å². The van der Waals surface area contributed by atoms with Crippen LogP contribution < -0.4 is 5.32 Å². The minimum atomic E-state index is -0.352. The lowest BCUT2D eigenvalue weighted by atomic mass is 9.84. The zero-order valence-electron chi connectivity index (χ0n) is 10.5. The monoisotopic (exact) mass is 253 g/mol. The highest BCUT2D eigenvalue weighted by atomic mass is 16.1. The molecule has 2 aromatic rings. The van der Waals surface area contributed by atoms with E-state index in [0.29, 0.717) is 0 Å². The average molecular weight is 253 g/mol. The Balaban J connectivity index is 1.98. The second-order valence-corrected chi connectivity index (χ2v) is 4.70. The summed E-state index contributed by atoms with van der Waals surface area (Å²) in [6.07, 6.45) is 3.44. The van der Waals surface area contributed by atoms with E-state index in [2.05, 4.69) is 15.3 Å². The Morgan fingerprint density at radius 3 is 2.00 bits per heavy atom. The van der Waals surface area contributed by atoms with Crippen LogP contribution in [0.2, 0.25) is 0 Å². The van der Waals surface area contributed by atoms with Crippen molar-refractivity contribution in [3.8, 4) is 0 Å². The Bertz CT molecular complexity index is 513. The number of nitrogens with one attached hydrogen (secondary N) is 1. The molecule has 0 amide bonds. The number of hydrogen-bond acceptors (Lipinski definition) is 4. The summed E-state index contributed by atoms with van der Waals surface area (Å²) in [5.74, 6) is -0.0698. The molecule has 0 aliphatic carbocycles. The molecule has 0 unspecified atom stereocenters. The number of carbonyl (C=O) groups excluding carboxylic acids is 1. The van der Waals surface area contributed by atoms with Crippen molar-refractivity contribution in [2.75, 3.05) is 13.1 Å². The van der Waals surface area contributed by atoms with Crippen molar-refractivity contribution in [2.24, 2.45) is 5.92 Å². The summed E-state index contributed by atoms with van der Waals surface area (Å²) in [6, 6.07) is 11.3. The van der Waals surface area contributed by atoms with E-state index in [9.17, 15) is 4.79 Å². The molecule has 3 rings (SSSR count). The molecular formula is C15H15N3O. The number of Topliss-reactive ketones (excluding diaryl/α,β-unsaturated/α-hetero) is 1. The number of carbonyl (C=O) groups is 1. The van der Waals surface area contributed by atoms with Crippen LogP contribution in [0.25, 0.3) is 0 Å². The molecule has 0 atom stereocenters. The minimum absolute atomic E-state index is 0.0778. The van der Waals surface area contributed by atoms with Crippen LogP contribution in [0.1, 0.15) is 17.3 Å². The molecule has 1 saturated heterocycles. The Hall–Kier alpha value is -2.07. The van der Waals surface area contributed by atoms with Crippen molar-refractivity contribution in [3.63, 3.8) is 0 Å². The third-order valence-electron chi connectivity index (χ3n) is 3.44. The molecule has 3 heterocycles. The first kappa shape index (κ1) is 12.0. The van der Waals surface area contributed by atoms with Crippen molar-refractivity contribution >= 4 is 5.78 Å². The van der Waals surface area contributed by atoms with Crippen LogP contribution in [0.5, 0.6) is 0 Å². The first-order valence-electron chi connectivity index (χ1n) is 6.42. The quantitative estimate of drug-likeness (QED) is 0.894. The summed E-state index contributed by atoms with van der Waals surface area (Å²) < 4.78 is 0. The van der Waals surface area contributed by atoms with Gasteiger partial charge in [0.05, 0.1) is 11.4 Å². The molecule has 4 nitrogen and oxygen atoms in total. The zero-order chi connectivity index (χ0) is 13.1. The molecule has 0 aromatic carbocycles. The van der Waals surface area contributed by atoms with Crippen LogP contribution in [0.4, 0.5) is 0 Å². The predicted molar refractivity (Wildman–Crippen MR) is 71.7 cm³/mol. The van der Waals surface area contributed by atoms with E-state index in [1.165, 1.54) is 0 Å². The number of ketones is 1. The lowest BCUT2D eigenvalue weighted by molar-refractivity contribution is -0.125. The lowest BCUT2D eigenvalue weighted by Crippen LogP contribution is -2.48. The van der Waals surface area contributed by atoms with Gasteiger partial charge in [0.1, 0.15) is 5.92 Å². The molecule has 0 bridgehead atoms. The van der Waals surface area contributed by atoms with Crippen molar-refractivity contribution in [3.05, 3.63) is 60.2 Å². The van der Waals surface area contributed by atoms with E-state index in [4.69, 9.17) is 0 Å². The van der Waals surface area contributed by atoms with E-state index in [1.54, 1.807) is 12.4 Å². The first-order chi connectivity index (χ1) is 9.36. The maximum atomic E-state index is 12.6.